The van der Waals surface area contributed by atoms with Gasteiger partial charge in [0.15, 0.2) is 0 Å². The van der Waals surface area contributed by atoms with E-state index in [0.29, 0.717) is 30.3 Å². The molecular formula is C20H25N5OS. The zero-order valence-corrected chi connectivity index (χ0v) is 17.3. The average Bonchev–Trinajstić information content (AvgIpc) is 3.06. The minimum Gasteiger partial charge on any atom is -0.341 e. The first-order chi connectivity index (χ1) is 12.9. The molecule has 1 amide bonds. The Kier molecular flexibility index (Phi) is 5.79. The van der Waals surface area contributed by atoms with Crippen molar-refractivity contribution >= 4 is 23.4 Å². The van der Waals surface area contributed by atoms with Crippen molar-refractivity contribution in [2.24, 2.45) is 0 Å². The van der Waals surface area contributed by atoms with E-state index in [4.69, 9.17) is 0 Å². The maximum absolute atomic E-state index is 12.6. The monoisotopic (exact) mass is 383 g/mol. The molecule has 3 rings (SSSR count). The first-order valence-corrected chi connectivity index (χ1v) is 10.2. The number of rotatable bonds is 6. The molecule has 0 aliphatic carbocycles. The summed E-state index contributed by atoms with van der Waals surface area (Å²) in [5.41, 5.74) is 5.34. The lowest BCUT2D eigenvalue weighted by atomic mass is 10.1. The van der Waals surface area contributed by atoms with Crippen LogP contribution in [0.3, 0.4) is 0 Å². The first kappa shape index (κ1) is 19.4. The first-order valence-electron chi connectivity index (χ1n) is 8.95. The third-order valence-electron chi connectivity index (χ3n) is 4.77. The largest absolute Gasteiger partial charge is 0.341 e. The number of hydrogen-bond donors (Lipinski definition) is 0. The van der Waals surface area contributed by atoms with Gasteiger partial charge in [-0.2, -0.15) is 4.98 Å². The van der Waals surface area contributed by atoms with Gasteiger partial charge in [0.25, 0.3) is 5.78 Å². The van der Waals surface area contributed by atoms with Crippen LogP contribution in [-0.4, -0.2) is 43.7 Å². The van der Waals surface area contributed by atoms with E-state index in [1.54, 1.807) is 9.42 Å². The number of thioether (sulfide) groups is 1. The Labute approximate surface area is 164 Å². The smallest absolute Gasteiger partial charge is 0.253 e. The molecule has 27 heavy (non-hydrogen) atoms. The Balaban J connectivity index is 1.70. The van der Waals surface area contributed by atoms with Gasteiger partial charge in [0.05, 0.1) is 0 Å². The van der Waals surface area contributed by atoms with Crippen molar-refractivity contribution in [2.45, 2.75) is 45.3 Å². The number of aryl methyl sites for hydroxylation is 3. The molecule has 0 fully saturated rings. The highest BCUT2D eigenvalue weighted by Gasteiger charge is 2.16. The van der Waals surface area contributed by atoms with Gasteiger partial charge in [-0.05, 0) is 44.6 Å². The van der Waals surface area contributed by atoms with Gasteiger partial charge in [-0.15, -0.1) is 5.10 Å². The summed E-state index contributed by atoms with van der Waals surface area (Å²) in [6.45, 7) is 6.66. The topological polar surface area (TPSA) is 63.4 Å². The normalized spacial score (nSPS) is 11.1. The maximum Gasteiger partial charge on any atom is 0.253 e. The molecule has 1 aromatic carbocycles. The van der Waals surface area contributed by atoms with Crippen LogP contribution >= 0.6 is 11.8 Å². The molecule has 0 bridgehead atoms. The van der Waals surface area contributed by atoms with Gasteiger partial charge >= 0.3 is 0 Å². The molecule has 0 saturated heterocycles. The van der Waals surface area contributed by atoms with Crippen LogP contribution in [-0.2, 0) is 17.8 Å². The highest BCUT2D eigenvalue weighted by Crippen LogP contribution is 2.18. The molecule has 2 heterocycles. The van der Waals surface area contributed by atoms with Crippen LogP contribution < -0.4 is 0 Å². The summed E-state index contributed by atoms with van der Waals surface area (Å²) in [5, 5.41) is 5.17. The summed E-state index contributed by atoms with van der Waals surface area (Å²) >= 11 is 1.49. The highest BCUT2D eigenvalue weighted by molar-refractivity contribution is 7.98. The summed E-state index contributed by atoms with van der Waals surface area (Å²) in [6, 6.07) is 8.28. The molecule has 0 atom stereocenters. The quantitative estimate of drug-likeness (QED) is 0.611. The molecule has 0 saturated carbocycles. The molecule has 0 unspecified atom stereocenters. The highest BCUT2D eigenvalue weighted by atomic mass is 32.2. The molecule has 7 heteroatoms. The second-order valence-electron chi connectivity index (χ2n) is 6.81. The predicted octanol–water partition coefficient (Wildman–Crippen LogP) is 3.36. The Morgan fingerprint density at radius 2 is 1.85 bits per heavy atom. The Bertz CT molecular complexity index is 965. The number of nitrogens with zero attached hydrogens (tertiary/aromatic N) is 5. The van der Waals surface area contributed by atoms with E-state index in [2.05, 4.69) is 46.3 Å². The number of benzene rings is 1. The lowest BCUT2D eigenvalue weighted by molar-refractivity contribution is -0.130. The number of carbonyl (C=O) groups excluding carboxylic acids is 1. The molecule has 0 aliphatic rings. The van der Waals surface area contributed by atoms with Gasteiger partial charge < -0.3 is 4.90 Å². The Hall–Kier alpha value is -2.41. The summed E-state index contributed by atoms with van der Waals surface area (Å²) in [5.74, 6) is 0.735. The van der Waals surface area contributed by atoms with Crippen molar-refractivity contribution < 1.29 is 4.79 Å². The van der Waals surface area contributed by atoms with Gasteiger partial charge in [-0.1, -0.05) is 41.6 Å². The second-order valence-corrected chi connectivity index (χ2v) is 7.58. The lowest BCUT2D eigenvalue weighted by Crippen LogP contribution is -2.26. The molecule has 0 spiro atoms. The average molecular weight is 384 g/mol. The van der Waals surface area contributed by atoms with E-state index in [-0.39, 0.29) is 5.91 Å². The van der Waals surface area contributed by atoms with E-state index in [1.165, 1.54) is 17.3 Å². The summed E-state index contributed by atoms with van der Waals surface area (Å²) < 4.78 is 1.77. The van der Waals surface area contributed by atoms with Crippen molar-refractivity contribution in [3.63, 3.8) is 0 Å². The molecular weight excluding hydrogens is 358 g/mol. The fourth-order valence-corrected chi connectivity index (χ4v) is 3.45. The predicted molar refractivity (Wildman–Crippen MR) is 108 cm³/mol. The molecule has 0 radical (unpaired) electrons. The number of fused-ring (bicyclic) bond motifs is 1. The molecule has 6 nitrogen and oxygen atoms in total. The van der Waals surface area contributed by atoms with E-state index in [1.807, 2.05) is 27.2 Å². The van der Waals surface area contributed by atoms with Crippen LogP contribution in [0.5, 0.6) is 0 Å². The van der Waals surface area contributed by atoms with Crippen molar-refractivity contribution in [2.75, 3.05) is 13.3 Å². The van der Waals surface area contributed by atoms with Gasteiger partial charge in [0.2, 0.25) is 11.1 Å². The van der Waals surface area contributed by atoms with Crippen LogP contribution in [0.15, 0.2) is 29.4 Å². The van der Waals surface area contributed by atoms with Crippen LogP contribution in [0.1, 0.15) is 34.5 Å². The standard InChI is InChI=1S/C20H25N5OS/c1-13-6-8-16(9-7-13)12-24(4)18(26)11-10-17-14(2)21-19-22-20(27-5)23-25(19)15(17)3/h6-9H,10-12H2,1-5H3. The van der Waals surface area contributed by atoms with E-state index < -0.39 is 0 Å². The molecule has 142 valence electrons. The van der Waals surface area contributed by atoms with Gasteiger partial charge in [-0.3, -0.25) is 4.79 Å². The maximum atomic E-state index is 12.6. The van der Waals surface area contributed by atoms with Crippen LogP contribution in [0.25, 0.3) is 5.78 Å². The summed E-state index contributed by atoms with van der Waals surface area (Å²) in [4.78, 5) is 23.3. The van der Waals surface area contributed by atoms with Crippen LogP contribution in [0, 0.1) is 20.8 Å². The van der Waals surface area contributed by atoms with Crippen molar-refractivity contribution in [1.29, 1.82) is 0 Å². The van der Waals surface area contributed by atoms with Crippen molar-refractivity contribution in [3.05, 3.63) is 52.3 Å². The fourth-order valence-electron chi connectivity index (χ4n) is 3.12. The summed E-state index contributed by atoms with van der Waals surface area (Å²) in [7, 11) is 1.85. The fraction of sp³-hybridized carbons (Fsp3) is 0.400. The van der Waals surface area contributed by atoms with Gasteiger partial charge in [-0.25, -0.2) is 9.50 Å². The number of carbonyl (C=O) groups is 1. The van der Waals surface area contributed by atoms with E-state index >= 15 is 0 Å². The van der Waals surface area contributed by atoms with Crippen molar-refractivity contribution in [1.82, 2.24) is 24.5 Å². The van der Waals surface area contributed by atoms with Gasteiger partial charge in [0, 0.05) is 31.4 Å². The van der Waals surface area contributed by atoms with Crippen LogP contribution in [0.4, 0.5) is 0 Å². The van der Waals surface area contributed by atoms with Crippen LogP contribution in [0.2, 0.25) is 0 Å². The van der Waals surface area contributed by atoms with Crippen molar-refractivity contribution in [3.8, 4) is 0 Å². The number of aromatic nitrogens is 4. The SMILES string of the molecule is CSc1nc2nc(C)c(CCC(=O)N(C)Cc3ccc(C)cc3)c(C)n2n1. The van der Waals surface area contributed by atoms with E-state index in [0.717, 1.165) is 22.5 Å². The minimum atomic E-state index is 0.123. The zero-order chi connectivity index (χ0) is 19.6. The molecule has 3 aromatic rings. The third kappa shape index (κ3) is 4.30. The number of amides is 1. The zero-order valence-electron chi connectivity index (χ0n) is 16.5. The van der Waals surface area contributed by atoms with E-state index in [9.17, 15) is 4.79 Å². The lowest BCUT2D eigenvalue weighted by Gasteiger charge is -2.18. The van der Waals surface area contributed by atoms with Gasteiger partial charge in [0.1, 0.15) is 0 Å². The number of hydrogen-bond acceptors (Lipinski definition) is 5. The molecule has 0 aliphatic heterocycles. The third-order valence-corrected chi connectivity index (χ3v) is 5.31. The molecule has 2 aromatic heterocycles. The Morgan fingerprint density at radius 1 is 1.15 bits per heavy atom. The Morgan fingerprint density at radius 3 is 2.52 bits per heavy atom. The second kappa shape index (κ2) is 8.08. The molecule has 0 N–H and O–H groups in total. The minimum absolute atomic E-state index is 0.123. The summed E-state index contributed by atoms with van der Waals surface area (Å²) in [6.07, 6.45) is 3.04.